The van der Waals surface area contributed by atoms with Gasteiger partial charge in [-0.3, -0.25) is 0 Å². The number of nitrogens with zero attached hydrogens (tertiary/aromatic N) is 1. The number of thiazole rings is 1. The summed E-state index contributed by atoms with van der Waals surface area (Å²) in [6.07, 6.45) is 0.931. The Morgan fingerprint density at radius 3 is 2.71 bits per heavy atom. The van der Waals surface area contributed by atoms with Gasteiger partial charge in [-0.2, -0.15) is 0 Å². The molecule has 2 aromatic heterocycles. The first-order valence-corrected chi connectivity index (χ1v) is 8.41. The summed E-state index contributed by atoms with van der Waals surface area (Å²) < 4.78 is 2.26. The minimum Gasteiger partial charge on any atom is -0.312 e. The molecule has 6 heteroatoms. The van der Waals surface area contributed by atoms with E-state index in [0.29, 0.717) is 6.04 Å². The van der Waals surface area contributed by atoms with Crippen molar-refractivity contribution in [3.63, 3.8) is 0 Å². The van der Waals surface area contributed by atoms with Crippen LogP contribution in [-0.4, -0.2) is 12.0 Å². The number of aryl methyl sites for hydroxylation is 1. The molecule has 0 aliphatic carbocycles. The minimum atomic E-state index is 0.323. The molecule has 0 fully saturated rings. The van der Waals surface area contributed by atoms with Gasteiger partial charge >= 0.3 is 0 Å². The summed E-state index contributed by atoms with van der Waals surface area (Å²) in [6, 6.07) is 2.49. The predicted molar refractivity (Wildman–Crippen MR) is 82.1 cm³/mol. The molecule has 2 heterocycles. The Bertz CT molecular complexity index is 488. The highest BCUT2D eigenvalue weighted by atomic mass is 79.9. The van der Waals surface area contributed by atoms with Gasteiger partial charge < -0.3 is 5.32 Å². The number of thiophene rings is 1. The highest BCUT2D eigenvalue weighted by molar-refractivity contribution is 9.13. The van der Waals surface area contributed by atoms with Gasteiger partial charge in [-0.25, -0.2) is 4.98 Å². The zero-order valence-electron chi connectivity index (χ0n) is 9.46. The number of halogens is 2. The fourth-order valence-electron chi connectivity index (χ4n) is 1.59. The first-order chi connectivity index (χ1) is 8.10. The molecule has 0 saturated heterocycles. The summed E-state index contributed by atoms with van der Waals surface area (Å²) >= 11 is 10.5. The highest BCUT2D eigenvalue weighted by Gasteiger charge is 2.15. The molecule has 0 aliphatic heterocycles. The van der Waals surface area contributed by atoms with Gasteiger partial charge in [-0.05, 0) is 51.9 Å². The highest BCUT2D eigenvalue weighted by Crippen LogP contribution is 2.36. The number of nitrogens with one attached hydrogen (secondary N) is 1. The summed E-state index contributed by atoms with van der Waals surface area (Å²) in [4.78, 5) is 5.83. The molecule has 0 saturated carbocycles. The van der Waals surface area contributed by atoms with Crippen molar-refractivity contribution in [2.24, 2.45) is 0 Å². The second-order valence-electron chi connectivity index (χ2n) is 3.67. The fourth-order valence-corrected chi connectivity index (χ4v) is 4.42. The first-order valence-electron chi connectivity index (χ1n) is 5.13. The van der Waals surface area contributed by atoms with Gasteiger partial charge in [-0.1, -0.05) is 0 Å². The molecule has 2 rings (SSSR count). The van der Waals surface area contributed by atoms with E-state index in [2.05, 4.69) is 53.6 Å². The van der Waals surface area contributed by atoms with Crippen molar-refractivity contribution < 1.29 is 0 Å². The number of rotatable bonds is 4. The van der Waals surface area contributed by atoms with Gasteiger partial charge in [0.25, 0.3) is 0 Å². The summed E-state index contributed by atoms with van der Waals surface area (Å²) in [5.41, 5.74) is 1.16. The maximum atomic E-state index is 4.51. The Morgan fingerprint density at radius 1 is 1.47 bits per heavy atom. The van der Waals surface area contributed by atoms with E-state index in [-0.39, 0.29) is 0 Å². The summed E-state index contributed by atoms with van der Waals surface area (Å²) in [5.74, 6) is 0. The van der Waals surface area contributed by atoms with Crippen LogP contribution in [0.25, 0.3) is 0 Å². The van der Waals surface area contributed by atoms with Crippen LogP contribution >= 0.6 is 54.5 Å². The molecule has 2 aromatic rings. The molecule has 0 aromatic carbocycles. The molecule has 0 amide bonds. The molecule has 1 unspecified atom stereocenters. The van der Waals surface area contributed by atoms with E-state index in [4.69, 9.17) is 0 Å². The van der Waals surface area contributed by atoms with Crippen LogP contribution in [0.3, 0.4) is 0 Å². The van der Waals surface area contributed by atoms with Gasteiger partial charge in [0.15, 0.2) is 0 Å². The van der Waals surface area contributed by atoms with Gasteiger partial charge in [0, 0.05) is 27.2 Å². The zero-order chi connectivity index (χ0) is 12.4. The van der Waals surface area contributed by atoms with Crippen LogP contribution in [0.1, 0.15) is 21.6 Å². The molecule has 1 N–H and O–H groups in total. The van der Waals surface area contributed by atoms with Gasteiger partial charge in [0.05, 0.1) is 14.5 Å². The normalized spacial score (nSPS) is 12.9. The van der Waals surface area contributed by atoms with Crippen LogP contribution in [0.15, 0.2) is 19.7 Å². The van der Waals surface area contributed by atoms with E-state index in [1.807, 2.05) is 14.0 Å². The van der Waals surface area contributed by atoms with E-state index >= 15 is 0 Å². The van der Waals surface area contributed by atoms with Gasteiger partial charge in [0.2, 0.25) is 0 Å². The van der Waals surface area contributed by atoms with E-state index in [0.717, 1.165) is 25.4 Å². The largest absolute Gasteiger partial charge is 0.312 e. The maximum absolute atomic E-state index is 4.51. The van der Waals surface area contributed by atoms with Gasteiger partial charge in [0.1, 0.15) is 0 Å². The van der Waals surface area contributed by atoms with Crippen LogP contribution in [0.2, 0.25) is 0 Å². The molecule has 0 spiro atoms. The molecule has 92 valence electrons. The number of likely N-dealkylation sites (N-methyl/N-ethyl adjacent to an activating group) is 1. The minimum absolute atomic E-state index is 0.323. The molecule has 0 radical (unpaired) electrons. The van der Waals surface area contributed by atoms with Gasteiger partial charge in [-0.15, -0.1) is 22.7 Å². The molecular formula is C11H12Br2N2S2. The molecule has 0 aliphatic rings. The fraction of sp³-hybridized carbons (Fsp3) is 0.364. The summed E-state index contributed by atoms with van der Waals surface area (Å²) in [6.45, 7) is 2.04. The van der Waals surface area contributed by atoms with E-state index in [1.54, 1.807) is 22.7 Å². The third kappa shape index (κ3) is 3.38. The lowest BCUT2D eigenvalue weighted by Crippen LogP contribution is -2.17. The van der Waals surface area contributed by atoms with Crippen molar-refractivity contribution in [2.75, 3.05) is 7.05 Å². The van der Waals surface area contributed by atoms with Crippen LogP contribution in [0, 0.1) is 6.92 Å². The lowest BCUT2D eigenvalue weighted by atomic mass is 10.1. The quantitative estimate of drug-likeness (QED) is 0.821. The lowest BCUT2D eigenvalue weighted by molar-refractivity contribution is 0.595. The monoisotopic (exact) mass is 394 g/mol. The predicted octanol–water partition coefficient (Wildman–Crippen LogP) is 4.54. The third-order valence-electron chi connectivity index (χ3n) is 2.44. The molecule has 0 bridgehead atoms. The lowest BCUT2D eigenvalue weighted by Gasteiger charge is -2.12. The first kappa shape index (κ1) is 13.7. The van der Waals surface area contributed by atoms with Crippen molar-refractivity contribution in [2.45, 2.75) is 19.4 Å². The Hall–Kier alpha value is 0.250. The standard InChI is InChI=1S/C11H12Br2N2S2/c1-6-15-7(5-16-6)3-9(14-2)10-4-8(12)11(13)17-10/h4-5,9,14H,3H2,1-2H3. The number of hydrogen-bond donors (Lipinski definition) is 1. The molecular weight excluding hydrogens is 384 g/mol. The molecule has 2 nitrogen and oxygen atoms in total. The molecule has 1 atom stereocenters. The van der Waals surface area contributed by atoms with E-state index < -0.39 is 0 Å². The van der Waals surface area contributed by atoms with Crippen molar-refractivity contribution in [1.29, 1.82) is 0 Å². The van der Waals surface area contributed by atoms with E-state index in [9.17, 15) is 0 Å². The van der Waals surface area contributed by atoms with Crippen molar-refractivity contribution in [3.05, 3.63) is 35.3 Å². The zero-order valence-corrected chi connectivity index (χ0v) is 14.3. The Labute approximate surface area is 126 Å². The topological polar surface area (TPSA) is 24.9 Å². The SMILES string of the molecule is CNC(Cc1csc(C)n1)c1cc(Br)c(Br)s1. The van der Waals surface area contributed by atoms with Crippen molar-refractivity contribution in [3.8, 4) is 0 Å². The number of aromatic nitrogens is 1. The smallest absolute Gasteiger partial charge is 0.0897 e. The van der Waals surface area contributed by atoms with Crippen LogP contribution in [0.5, 0.6) is 0 Å². The average molecular weight is 396 g/mol. The second-order valence-corrected chi connectivity index (χ2v) is 7.99. The average Bonchev–Trinajstić information content (AvgIpc) is 2.83. The second kappa shape index (κ2) is 5.93. The molecule has 17 heavy (non-hydrogen) atoms. The number of hydrogen-bond acceptors (Lipinski definition) is 4. The van der Waals surface area contributed by atoms with Crippen molar-refractivity contribution >= 4 is 54.5 Å². The summed E-state index contributed by atoms with van der Waals surface area (Å²) in [5, 5.41) is 6.61. The maximum Gasteiger partial charge on any atom is 0.0897 e. The third-order valence-corrected chi connectivity index (χ3v) is 6.63. The Kier molecular flexibility index (Phi) is 4.77. The Balaban J connectivity index is 2.16. The summed E-state index contributed by atoms with van der Waals surface area (Å²) in [7, 11) is 1.99. The van der Waals surface area contributed by atoms with Crippen LogP contribution in [0.4, 0.5) is 0 Å². The van der Waals surface area contributed by atoms with Crippen LogP contribution in [-0.2, 0) is 6.42 Å². The van der Waals surface area contributed by atoms with Crippen LogP contribution < -0.4 is 5.32 Å². The van der Waals surface area contributed by atoms with E-state index in [1.165, 1.54) is 4.88 Å². The Morgan fingerprint density at radius 2 is 2.24 bits per heavy atom. The van der Waals surface area contributed by atoms with Crippen molar-refractivity contribution in [1.82, 2.24) is 10.3 Å².